The highest BCUT2D eigenvalue weighted by Gasteiger charge is 2.31. The van der Waals surface area contributed by atoms with E-state index >= 15 is 0 Å². The monoisotopic (exact) mass is 458 g/mol. The van der Waals surface area contributed by atoms with Crippen molar-refractivity contribution in [3.63, 3.8) is 0 Å². The minimum absolute atomic E-state index is 0.00424. The standard InChI is InChI=1S/C22H17F3N4O4/c1-12(19-26-16-9-4-3-8-15(16)20(30)27-19)33-21(31)18-17(32-2)11-29(28-18)14-7-5-6-13(10-14)22(23,24)25/h3-12H,1-2H3,(H,26,27,30). The number of ether oxygens (including phenoxy) is 2. The predicted octanol–water partition coefficient (Wildman–Crippen LogP) is 4.05. The van der Waals surface area contributed by atoms with Crippen molar-refractivity contribution in [2.45, 2.75) is 19.2 Å². The van der Waals surface area contributed by atoms with Crippen molar-refractivity contribution in [2.75, 3.05) is 7.11 Å². The smallest absolute Gasteiger partial charge is 0.416 e. The fraction of sp³-hybridized carbons (Fsp3) is 0.182. The second-order valence-electron chi connectivity index (χ2n) is 7.05. The van der Waals surface area contributed by atoms with Crippen LogP contribution in [0, 0.1) is 0 Å². The van der Waals surface area contributed by atoms with E-state index < -0.39 is 23.8 Å². The third-order valence-corrected chi connectivity index (χ3v) is 4.83. The van der Waals surface area contributed by atoms with Gasteiger partial charge < -0.3 is 14.5 Å². The van der Waals surface area contributed by atoms with Crippen molar-refractivity contribution in [1.82, 2.24) is 19.7 Å². The number of nitrogens with zero attached hydrogens (tertiary/aromatic N) is 3. The molecule has 11 heteroatoms. The van der Waals surface area contributed by atoms with Crippen LogP contribution in [0.25, 0.3) is 16.6 Å². The SMILES string of the molecule is COc1cn(-c2cccc(C(F)(F)F)c2)nc1C(=O)OC(C)c1nc2ccccc2c(=O)[nH]1. The molecule has 2 aromatic carbocycles. The summed E-state index contributed by atoms with van der Waals surface area (Å²) in [5.41, 5.74) is -0.977. The van der Waals surface area contributed by atoms with Gasteiger partial charge in [0.15, 0.2) is 17.7 Å². The molecule has 2 heterocycles. The number of hydrogen-bond donors (Lipinski definition) is 1. The van der Waals surface area contributed by atoms with Gasteiger partial charge in [0, 0.05) is 0 Å². The van der Waals surface area contributed by atoms with E-state index in [1.165, 1.54) is 32.4 Å². The molecule has 0 bridgehead atoms. The van der Waals surface area contributed by atoms with Crippen LogP contribution >= 0.6 is 0 Å². The number of benzene rings is 2. The summed E-state index contributed by atoms with van der Waals surface area (Å²) in [4.78, 5) is 31.9. The maximum atomic E-state index is 13.0. The normalized spacial score (nSPS) is 12.5. The van der Waals surface area contributed by atoms with Crippen LogP contribution in [0.1, 0.15) is 34.9 Å². The van der Waals surface area contributed by atoms with Gasteiger partial charge >= 0.3 is 12.1 Å². The summed E-state index contributed by atoms with van der Waals surface area (Å²) in [6, 6.07) is 11.2. The highest BCUT2D eigenvalue weighted by Crippen LogP contribution is 2.31. The molecule has 0 aliphatic carbocycles. The Morgan fingerprint density at radius 3 is 2.64 bits per heavy atom. The Morgan fingerprint density at radius 2 is 1.91 bits per heavy atom. The highest BCUT2D eigenvalue weighted by molar-refractivity contribution is 5.90. The number of alkyl halides is 3. The Bertz CT molecular complexity index is 1390. The number of aromatic nitrogens is 4. The van der Waals surface area contributed by atoms with Gasteiger partial charge in [0.2, 0.25) is 5.69 Å². The number of fused-ring (bicyclic) bond motifs is 1. The van der Waals surface area contributed by atoms with Crippen LogP contribution in [0.2, 0.25) is 0 Å². The maximum Gasteiger partial charge on any atom is 0.416 e. The number of carbonyl (C=O) groups is 1. The van der Waals surface area contributed by atoms with Crippen LogP contribution in [-0.2, 0) is 10.9 Å². The van der Waals surface area contributed by atoms with Crippen LogP contribution in [0.5, 0.6) is 5.75 Å². The summed E-state index contributed by atoms with van der Waals surface area (Å²) in [6.45, 7) is 1.52. The fourth-order valence-corrected chi connectivity index (χ4v) is 3.18. The Morgan fingerprint density at radius 1 is 1.15 bits per heavy atom. The molecule has 0 amide bonds. The van der Waals surface area contributed by atoms with E-state index in [0.717, 1.165) is 16.8 Å². The summed E-state index contributed by atoms with van der Waals surface area (Å²) in [7, 11) is 1.29. The lowest BCUT2D eigenvalue weighted by Gasteiger charge is -2.12. The first-order chi connectivity index (χ1) is 15.7. The molecule has 4 rings (SSSR count). The summed E-state index contributed by atoms with van der Waals surface area (Å²) < 4.78 is 50.7. The van der Waals surface area contributed by atoms with Crippen LogP contribution in [0.4, 0.5) is 13.2 Å². The number of nitrogens with one attached hydrogen (secondary N) is 1. The number of methoxy groups -OCH3 is 1. The molecule has 1 atom stereocenters. The van der Waals surface area contributed by atoms with E-state index in [0.29, 0.717) is 10.9 Å². The van der Waals surface area contributed by atoms with Crippen LogP contribution in [0.15, 0.2) is 59.5 Å². The second-order valence-corrected chi connectivity index (χ2v) is 7.05. The molecule has 0 fully saturated rings. The first kappa shape index (κ1) is 22.1. The fourth-order valence-electron chi connectivity index (χ4n) is 3.18. The molecule has 2 aromatic heterocycles. The van der Waals surface area contributed by atoms with Crippen LogP contribution in [0.3, 0.4) is 0 Å². The van der Waals surface area contributed by atoms with Gasteiger partial charge in [0.05, 0.1) is 35.5 Å². The zero-order valence-electron chi connectivity index (χ0n) is 17.4. The predicted molar refractivity (Wildman–Crippen MR) is 111 cm³/mol. The average Bonchev–Trinajstić information content (AvgIpc) is 3.23. The average molecular weight is 458 g/mol. The number of hydrogen-bond acceptors (Lipinski definition) is 6. The molecule has 170 valence electrons. The molecule has 0 aliphatic rings. The van der Waals surface area contributed by atoms with Gasteiger partial charge in [-0.25, -0.2) is 14.5 Å². The summed E-state index contributed by atoms with van der Waals surface area (Å²) in [5, 5.41) is 4.44. The van der Waals surface area contributed by atoms with Crippen LogP contribution in [-0.4, -0.2) is 32.8 Å². The molecule has 0 spiro atoms. The van der Waals surface area contributed by atoms with Crippen molar-refractivity contribution >= 4 is 16.9 Å². The number of halogens is 3. The van der Waals surface area contributed by atoms with E-state index in [1.54, 1.807) is 24.3 Å². The molecular weight excluding hydrogens is 441 g/mol. The van der Waals surface area contributed by atoms with Gasteiger partial charge in [-0.1, -0.05) is 18.2 Å². The zero-order chi connectivity index (χ0) is 23.8. The first-order valence-corrected chi connectivity index (χ1v) is 9.68. The van der Waals surface area contributed by atoms with Crippen molar-refractivity contribution < 1.29 is 27.4 Å². The molecule has 33 heavy (non-hydrogen) atoms. The molecule has 0 saturated carbocycles. The number of rotatable bonds is 5. The molecule has 1 N–H and O–H groups in total. The van der Waals surface area contributed by atoms with Crippen LogP contribution < -0.4 is 10.3 Å². The number of para-hydroxylation sites is 1. The quantitative estimate of drug-likeness (QED) is 0.453. The summed E-state index contributed by atoms with van der Waals surface area (Å²) in [6.07, 6.45) is -4.21. The number of carbonyl (C=O) groups excluding carboxylic acids is 1. The number of aromatic amines is 1. The third kappa shape index (κ3) is 4.43. The molecule has 1 unspecified atom stereocenters. The second kappa shape index (κ2) is 8.41. The Balaban J connectivity index is 1.62. The van der Waals surface area contributed by atoms with E-state index in [-0.39, 0.29) is 28.5 Å². The van der Waals surface area contributed by atoms with Gasteiger partial charge in [0.1, 0.15) is 0 Å². The van der Waals surface area contributed by atoms with E-state index in [4.69, 9.17) is 9.47 Å². The number of esters is 1. The van der Waals surface area contributed by atoms with Gasteiger partial charge in [-0.3, -0.25) is 4.79 Å². The lowest BCUT2D eigenvalue weighted by Crippen LogP contribution is -2.18. The lowest BCUT2D eigenvalue weighted by atomic mass is 10.2. The van der Waals surface area contributed by atoms with Gasteiger partial charge in [-0.15, -0.1) is 0 Å². The van der Waals surface area contributed by atoms with E-state index in [1.807, 2.05) is 0 Å². The van der Waals surface area contributed by atoms with Crippen molar-refractivity contribution in [2.24, 2.45) is 0 Å². The Kier molecular flexibility index (Phi) is 5.62. The largest absolute Gasteiger partial charge is 0.493 e. The molecule has 0 saturated heterocycles. The van der Waals surface area contributed by atoms with Crippen molar-refractivity contribution in [3.05, 3.63) is 82.2 Å². The van der Waals surface area contributed by atoms with Gasteiger partial charge in [-0.05, 0) is 37.3 Å². The molecule has 8 nitrogen and oxygen atoms in total. The van der Waals surface area contributed by atoms with Gasteiger partial charge in [-0.2, -0.15) is 18.3 Å². The van der Waals surface area contributed by atoms with Gasteiger partial charge in [0.25, 0.3) is 5.56 Å². The first-order valence-electron chi connectivity index (χ1n) is 9.68. The Hall–Kier alpha value is -4.15. The molecular formula is C22H17F3N4O4. The molecule has 4 aromatic rings. The van der Waals surface area contributed by atoms with E-state index in [2.05, 4.69) is 15.1 Å². The minimum Gasteiger partial charge on any atom is -0.493 e. The summed E-state index contributed by atoms with van der Waals surface area (Å²) in [5.74, 6) is -0.770. The zero-order valence-corrected chi connectivity index (χ0v) is 17.4. The molecule has 0 aliphatic heterocycles. The van der Waals surface area contributed by atoms with Crippen molar-refractivity contribution in [1.29, 1.82) is 0 Å². The van der Waals surface area contributed by atoms with E-state index in [9.17, 15) is 22.8 Å². The Labute approximate surface area is 184 Å². The highest BCUT2D eigenvalue weighted by atomic mass is 19.4. The minimum atomic E-state index is -4.53. The van der Waals surface area contributed by atoms with Crippen molar-refractivity contribution in [3.8, 4) is 11.4 Å². The lowest BCUT2D eigenvalue weighted by molar-refractivity contribution is -0.137. The number of H-pyrrole nitrogens is 1. The topological polar surface area (TPSA) is 99.1 Å². The molecule has 0 radical (unpaired) electrons. The summed E-state index contributed by atoms with van der Waals surface area (Å²) >= 11 is 0. The third-order valence-electron chi connectivity index (χ3n) is 4.83. The maximum absolute atomic E-state index is 13.0.